The quantitative estimate of drug-likeness (QED) is 0.559. The van der Waals surface area contributed by atoms with E-state index in [1.807, 2.05) is 0 Å². The summed E-state index contributed by atoms with van der Waals surface area (Å²) in [6.45, 7) is 2.29. The van der Waals surface area contributed by atoms with E-state index in [1.165, 1.54) is 0 Å². The van der Waals surface area contributed by atoms with Crippen LogP contribution in [0.1, 0.15) is 12.8 Å². The van der Waals surface area contributed by atoms with E-state index in [1.54, 1.807) is 0 Å². The lowest BCUT2D eigenvalue weighted by Crippen LogP contribution is -2.61. The number of rotatable bonds is 0. The Balaban J connectivity index is 0.000000153. The van der Waals surface area contributed by atoms with Crippen LogP contribution in [0.15, 0.2) is 0 Å². The van der Waals surface area contributed by atoms with Crippen molar-refractivity contribution < 1.29 is 28.2 Å². The molecule has 1 aliphatic carbocycles. The Labute approximate surface area is 84.1 Å². The molecule has 0 aromatic heterocycles. The van der Waals surface area contributed by atoms with Gasteiger partial charge in [0.2, 0.25) is 0 Å². The van der Waals surface area contributed by atoms with E-state index in [-0.39, 0.29) is 6.10 Å². The molecule has 0 aromatic rings. The van der Waals surface area contributed by atoms with Gasteiger partial charge in [-0.1, -0.05) is 0 Å². The maximum Gasteiger partial charge on any atom is 0.490 e. The molecule has 1 spiro atoms. The van der Waals surface area contributed by atoms with Crippen LogP contribution in [0.3, 0.4) is 0 Å². The molecular formula is C8H12F3NO3. The highest BCUT2D eigenvalue weighted by Crippen LogP contribution is 2.43. The van der Waals surface area contributed by atoms with E-state index in [4.69, 9.17) is 15.0 Å². The van der Waals surface area contributed by atoms with Gasteiger partial charge in [-0.15, -0.1) is 0 Å². The highest BCUT2D eigenvalue weighted by molar-refractivity contribution is 5.73. The second-order valence-electron chi connectivity index (χ2n) is 3.97. The van der Waals surface area contributed by atoms with Crippen LogP contribution in [0.2, 0.25) is 0 Å². The van der Waals surface area contributed by atoms with Gasteiger partial charge in [0.1, 0.15) is 0 Å². The van der Waals surface area contributed by atoms with Crippen molar-refractivity contribution >= 4 is 5.97 Å². The van der Waals surface area contributed by atoms with Crippen LogP contribution >= 0.6 is 0 Å². The minimum absolute atomic E-state index is 0.0251. The van der Waals surface area contributed by atoms with Crippen molar-refractivity contribution in [2.75, 3.05) is 13.1 Å². The highest BCUT2D eigenvalue weighted by Gasteiger charge is 2.47. The standard InChI is InChI=1S/C6H11NO.C2HF3O2/c8-5-1-6(2-5)3-7-4-6;3-2(4,5)1(6)7/h5,7-8H,1-4H2;(H,6,7). The van der Waals surface area contributed by atoms with Crippen LogP contribution in [0.25, 0.3) is 0 Å². The molecule has 1 saturated carbocycles. The van der Waals surface area contributed by atoms with E-state index in [9.17, 15) is 13.2 Å². The molecule has 0 unspecified atom stereocenters. The highest BCUT2D eigenvalue weighted by atomic mass is 19.4. The number of alkyl halides is 3. The van der Waals surface area contributed by atoms with Gasteiger partial charge in [0.05, 0.1) is 6.10 Å². The molecule has 3 N–H and O–H groups in total. The summed E-state index contributed by atoms with van der Waals surface area (Å²) in [5, 5.41) is 19.3. The van der Waals surface area contributed by atoms with E-state index in [0.29, 0.717) is 5.41 Å². The molecular weight excluding hydrogens is 215 g/mol. The first-order valence-electron chi connectivity index (χ1n) is 4.44. The van der Waals surface area contributed by atoms with Crippen molar-refractivity contribution in [3.63, 3.8) is 0 Å². The fraction of sp³-hybridized carbons (Fsp3) is 0.875. The van der Waals surface area contributed by atoms with E-state index in [2.05, 4.69) is 5.32 Å². The molecule has 0 amide bonds. The van der Waals surface area contributed by atoms with E-state index >= 15 is 0 Å². The number of carboxylic acids is 1. The van der Waals surface area contributed by atoms with Gasteiger partial charge in [-0.2, -0.15) is 13.2 Å². The van der Waals surface area contributed by atoms with E-state index in [0.717, 1.165) is 25.9 Å². The number of aliphatic hydroxyl groups is 1. The number of nitrogens with one attached hydrogen (secondary N) is 1. The normalized spacial score (nSPS) is 23.5. The number of carbonyl (C=O) groups is 1. The maximum absolute atomic E-state index is 10.6. The second kappa shape index (κ2) is 3.97. The molecule has 2 aliphatic rings. The molecule has 1 saturated heterocycles. The van der Waals surface area contributed by atoms with Gasteiger partial charge < -0.3 is 15.5 Å². The fourth-order valence-electron chi connectivity index (χ4n) is 1.71. The first-order valence-corrected chi connectivity index (χ1v) is 4.44. The average molecular weight is 227 g/mol. The summed E-state index contributed by atoms with van der Waals surface area (Å²) in [6.07, 6.45) is -2.97. The SMILES string of the molecule is O=C(O)C(F)(F)F.OC1CC2(CNC2)C1. The van der Waals surface area contributed by atoms with Gasteiger partial charge in [-0.05, 0) is 12.8 Å². The zero-order chi connectivity index (χ0) is 11.7. The van der Waals surface area contributed by atoms with Crippen LogP contribution in [0.4, 0.5) is 13.2 Å². The van der Waals surface area contributed by atoms with Crippen molar-refractivity contribution in [1.29, 1.82) is 0 Å². The summed E-state index contributed by atoms with van der Waals surface area (Å²) >= 11 is 0. The lowest BCUT2D eigenvalue weighted by atomic mass is 9.63. The molecule has 15 heavy (non-hydrogen) atoms. The Morgan fingerprint density at radius 3 is 1.80 bits per heavy atom. The monoisotopic (exact) mass is 227 g/mol. The molecule has 7 heteroatoms. The Kier molecular flexibility index (Phi) is 3.25. The Morgan fingerprint density at radius 1 is 1.33 bits per heavy atom. The summed E-state index contributed by atoms with van der Waals surface area (Å²) in [6, 6.07) is 0. The van der Waals surface area contributed by atoms with Gasteiger partial charge in [-0.25, -0.2) is 4.79 Å². The molecule has 1 aliphatic heterocycles. The third-order valence-corrected chi connectivity index (χ3v) is 2.58. The lowest BCUT2D eigenvalue weighted by Gasteiger charge is -2.52. The summed E-state index contributed by atoms with van der Waals surface area (Å²) in [4.78, 5) is 8.90. The Morgan fingerprint density at radius 2 is 1.73 bits per heavy atom. The summed E-state index contributed by atoms with van der Waals surface area (Å²) in [7, 11) is 0. The van der Waals surface area contributed by atoms with Crippen molar-refractivity contribution in [1.82, 2.24) is 5.32 Å². The van der Waals surface area contributed by atoms with E-state index < -0.39 is 12.1 Å². The van der Waals surface area contributed by atoms with Crippen molar-refractivity contribution in [2.24, 2.45) is 5.41 Å². The maximum atomic E-state index is 10.6. The summed E-state index contributed by atoms with van der Waals surface area (Å²) in [5.41, 5.74) is 0.555. The van der Waals surface area contributed by atoms with Gasteiger partial charge in [-0.3, -0.25) is 0 Å². The van der Waals surface area contributed by atoms with Crippen LogP contribution < -0.4 is 5.32 Å². The van der Waals surface area contributed by atoms with Crippen LogP contribution in [0.5, 0.6) is 0 Å². The zero-order valence-corrected chi connectivity index (χ0v) is 7.84. The topological polar surface area (TPSA) is 69.6 Å². The first-order chi connectivity index (χ1) is 6.75. The average Bonchev–Trinajstić information content (AvgIpc) is 1.94. The van der Waals surface area contributed by atoms with Crippen molar-refractivity contribution in [3.8, 4) is 0 Å². The van der Waals surface area contributed by atoms with Gasteiger partial charge >= 0.3 is 12.1 Å². The predicted molar refractivity (Wildman–Crippen MR) is 44.2 cm³/mol. The predicted octanol–water partition coefficient (Wildman–Crippen LogP) is 0.364. The number of aliphatic carboxylic acids is 1. The smallest absolute Gasteiger partial charge is 0.475 e. The van der Waals surface area contributed by atoms with Gasteiger partial charge in [0.15, 0.2) is 0 Å². The largest absolute Gasteiger partial charge is 0.490 e. The number of halogens is 3. The van der Waals surface area contributed by atoms with Crippen LogP contribution in [0, 0.1) is 5.41 Å². The first kappa shape index (κ1) is 12.3. The third kappa shape index (κ3) is 3.07. The molecule has 2 fully saturated rings. The number of carboxylic acid groups (broad SMARTS) is 1. The molecule has 2 rings (SSSR count). The van der Waals surface area contributed by atoms with Crippen molar-refractivity contribution in [3.05, 3.63) is 0 Å². The third-order valence-electron chi connectivity index (χ3n) is 2.58. The minimum atomic E-state index is -5.08. The van der Waals surface area contributed by atoms with Gasteiger partial charge in [0.25, 0.3) is 0 Å². The fourth-order valence-corrected chi connectivity index (χ4v) is 1.71. The van der Waals surface area contributed by atoms with Crippen LogP contribution in [-0.2, 0) is 4.79 Å². The number of hydrogen-bond donors (Lipinski definition) is 3. The second-order valence-corrected chi connectivity index (χ2v) is 3.97. The molecule has 88 valence electrons. The molecule has 1 heterocycles. The molecule has 4 nitrogen and oxygen atoms in total. The molecule has 0 atom stereocenters. The molecule has 0 bridgehead atoms. The van der Waals surface area contributed by atoms with Gasteiger partial charge in [0, 0.05) is 18.5 Å². The summed E-state index contributed by atoms with van der Waals surface area (Å²) < 4.78 is 31.7. The van der Waals surface area contributed by atoms with Crippen molar-refractivity contribution in [2.45, 2.75) is 25.1 Å². The molecule has 0 aromatic carbocycles. The number of aliphatic hydroxyl groups excluding tert-OH is 1. The Hall–Kier alpha value is -0.820. The zero-order valence-electron chi connectivity index (χ0n) is 7.84. The minimum Gasteiger partial charge on any atom is -0.475 e. The number of hydrogen-bond acceptors (Lipinski definition) is 3. The summed E-state index contributed by atoms with van der Waals surface area (Å²) in [5.74, 6) is -2.76. The van der Waals surface area contributed by atoms with Crippen LogP contribution in [-0.4, -0.2) is 41.6 Å². The lowest BCUT2D eigenvalue weighted by molar-refractivity contribution is -0.192. The Bertz CT molecular complexity index is 242. The molecule has 0 radical (unpaired) electrons.